The molecule has 6 heteroatoms. The molecule has 96 valence electrons. The van der Waals surface area contributed by atoms with Gasteiger partial charge in [0.15, 0.2) is 5.82 Å². The van der Waals surface area contributed by atoms with Crippen LogP contribution in [0, 0.1) is 23.0 Å². The Morgan fingerprint density at radius 2 is 1.74 bits per heavy atom. The van der Waals surface area contributed by atoms with Crippen LogP contribution in [0.3, 0.4) is 0 Å². The number of benzene rings is 2. The van der Waals surface area contributed by atoms with Crippen molar-refractivity contribution in [3.63, 3.8) is 0 Å². The van der Waals surface area contributed by atoms with Crippen LogP contribution in [0.1, 0.15) is 5.56 Å². The van der Waals surface area contributed by atoms with Gasteiger partial charge >= 0.3 is 0 Å². The van der Waals surface area contributed by atoms with Crippen molar-refractivity contribution in [1.82, 2.24) is 0 Å². The number of hydrogen-bond donors (Lipinski definition) is 1. The lowest BCUT2D eigenvalue weighted by molar-refractivity contribution is 0.624. The number of rotatable bonds is 2. The van der Waals surface area contributed by atoms with E-state index in [1.807, 2.05) is 0 Å². The summed E-state index contributed by atoms with van der Waals surface area (Å²) in [5, 5.41) is 11.3. The van der Waals surface area contributed by atoms with Gasteiger partial charge in [0.25, 0.3) is 0 Å². The van der Waals surface area contributed by atoms with Crippen molar-refractivity contribution in [3.8, 4) is 6.07 Å². The molecule has 2 rings (SSSR count). The summed E-state index contributed by atoms with van der Waals surface area (Å²) in [7, 11) is 0. The Labute approximate surface area is 118 Å². The third-order valence-corrected chi connectivity index (χ3v) is 2.94. The van der Waals surface area contributed by atoms with E-state index in [-0.39, 0.29) is 21.3 Å². The number of hydrogen-bond acceptors (Lipinski definition) is 2. The van der Waals surface area contributed by atoms with E-state index in [0.717, 1.165) is 0 Å². The molecule has 0 heterocycles. The summed E-state index contributed by atoms with van der Waals surface area (Å²) in [6.07, 6.45) is 0. The lowest BCUT2D eigenvalue weighted by Gasteiger charge is -2.10. The first-order valence-corrected chi connectivity index (χ1v) is 5.88. The van der Waals surface area contributed by atoms with Gasteiger partial charge in [-0.05, 0) is 24.3 Å². The molecular weight excluding hydrogens is 293 g/mol. The van der Waals surface area contributed by atoms with Crippen LogP contribution >= 0.6 is 23.2 Å². The van der Waals surface area contributed by atoms with Crippen molar-refractivity contribution < 1.29 is 8.78 Å². The fourth-order valence-electron chi connectivity index (χ4n) is 1.53. The van der Waals surface area contributed by atoms with E-state index in [2.05, 4.69) is 5.32 Å². The third kappa shape index (κ3) is 2.78. The molecule has 0 amide bonds. The largest absolute Gasteiger partial charge is 0.354 e. The highest BCUT2D eigenvalue weighted by atomic mass is 35.5. The average Bonchev–Trinajstić information content (AvgIpc) is 2.36. The molecule has 2 aromatic rings. The maximum atomic E-state index is 13.4. The highest BCUT2D eigenvalue weighted by Crippen LogP contribution is 2.30. The molecule has 0 aliphatic rings. The first kappa shape index (κ1) is 13.6. The second-order valence-corrected chi connectivity index (χ2v) is 4.47. The van der Waals surface area contributed by atoms with Crippen LogP contribution in [0.5, 0.6) is 0 Å². The molecular formula is C13H6Cl2F2N2. The molecule has 0 aliphatic carbocycles. The second-order valence-electron chi connectivity index (χ2n) is 3.65. The van der Waals surface area contributed by atoms with Gasteiger partial charge in [0, 0.05) is 5.69 Å². The van der Waals surface area contributed by atoms with Crippen molar-refractivity contribution in [3.05, 3.63) is 57.6 Å². The van der Waals surface area contributed by atoms with Crippen LogP contribution in [-0.2, 0) is 0 Å². The number of nitriles is 1. The van der Waals surface area contributed by atoms with Gasteiger partial charge in [-0.15, -0.1) is 0 Å². The standard InChI is InChI=1S/C13H6Cl2F2N2/c14-9-4-7(5-10(15)13(9)17)19-12-3-1-2-11(16)8(12)6-18/h1-5,19H. The van der Waals surface area contributed by atoms with E-state index in [1.54, 1.807) is 6.07 Å². The monoisotopic (exact) mass is 298 g/mol. The van der Waals surface area contributed by atoms with Gasteiger partial charge in [0.05, 0.1) is 15.7 Å². The molecule has 0 unspecified atom stereocenters. The van der Waals surface area contributed by atoms with Gasteiger partial charge in [-0.2, -0.15) is 5.26 Å². The molecule has 0 radical (unpaired) electrons. The predicted octanol–water partition coefficient (Wildman–Crippen LogP) is 4.89. The van der Waals surface area contributed by atoms with Crippen molar-refractivity contribution in [1.29, 1.82) is 5.26 Å². The van der Waals surface area contributed by atoms with Gasteiger partial charge < -0.3 is 5.32 Å². The Kier molecular flexibility index (Phi) is 3.89. The highest BCUT2D eigenvalue weighted by Gasteiger charge is 2.11. The maximum absolute atomic E-state index is 13.4. The van der Waals surface area contributed by atoms with Crippen molar-refractivity contribution in [2.75, 3.05) is 5.32 Å². The third-order valence-electron chi connectivity index (χ3n) is 2.39. The summed E-state index contributed by atoms with van der Waals surface area (Å²) in [6, 6.07) is 8.49. The van der Waals surface area contributed by atoms with E-state index in [4.69, 9.17) is 28.5 Å². The minimum absolute atomic E-state index is 0.140. The normalized spacial score (nSPS) is 10.1. The minimum atomic E-state index is -0.728. The smallest absolute Gasteiger partial charge is 0.160 e. The molecule has 0 aliphatic heterocycles. The van der Waals surface area contributed by atoms with Crippen molar-refractivity contribution in [2.45, 2.75) is 0 Å². The lowest BCUT2D eigenvalue weighted by Crippen LogP contribution is -1.96. The fourth-order valence-corrected chi connectivity index (χ4v) is 2.01. The molecule has 0 atom stereocenters. The first-order chi connectivity index (χ1) is 9.02. The van der Waals surface area contributed by atoms with Crippen LogP contribution < -0.4 is 5.32 Å². The zero-order valence-corrected chi connectivity index (χ0v) is 10.9. The zero-order valence-electron chi connectivity index (χ0n) is 9.35. The highest BCUT2D eigenvalue weighted by molar-refractivity contribution is 6.35. The number of anilines is 2. The second kappa shape index (κ2) is 5.43. The van der Waals surface area contributed by atoms with Gasteiger partial charge in [0.2, 0.25) is 0 Å². The summed E-state index contributed by atoms with van der Waals surface area (Å²) >= 11 is 11.3. The Hall–Kier alpha value is -1.83. The van der Waals surface area contributed by atoms with Crippen LogP contribution in [0.2, 0.25) is 10.0 Å². The molecule has 2 nitrogen and oxygen atoms in total. The van der Waals surface area contributed by atoms with Crippen LogP contribution in [-0.4, -0.2) is 0 Å². The first-order valence-electron chi connectivity index (χ1n) is 5.13. The fraction of sp³-hybridized carbons (Fsp3) is 0. The van der Waals surface area contributed by atoms with Crippen LogP contribution in [0.4, 0.5) is 20.2 Å². The molecule has 0 aromatic heterocycles. The van der Waals surface area contributed by atoms with Gasteiger partial charge in [-0.25, -0.2) is 8.78 Å². The maximum Gasteiger partial charge on any atom is 0.160 e. The summed E-state index contributed by atoms with van der Waals surface area (Å²) < 4.78 is 26.7. The van der Waals surface area contributed by atoms with Gasteiger partial charge in [-0.3, -0.25) is 0 Å². The van der Waals surface area contributed by atoms with Crippen LogP contribution in [0.25, 0.3) is 0 Å². The molecule has 0 spiro atoms. The zero-order chi connectivity index (χ0) is 14.0. The van der Waals surface area contributed by atoms with Crippen LogP contribution in [0.15, 0.2) is 30.3 Å². The van der Waals surface area contributed by atoms with Gasteiger partial charge in [0.1, 0.15) is 17.4 Å². The molecule has 19 heavy (non-hydrogen) atoms. The molecule has 0 saturated carbocycles. The van der Waals surface area contributed by atoms with E-state index in [0.29, 0.717) is 5.69 Å². The minimum Gasteiger partial charge on any atom is -0.354 e. The van der Waals surface area contributed by atoms with Crippen molar-refractivity contribution >= 4 is 34.6 Å². The number of nitrogens with zero attached hydrogens (tertiary/aromatic N) is 1. The molecule has 0 fully saturated rings. The Bertz CT molecular complexity index is 658. The molecule has 2 aromatic carbocycles. The Morgan fingerprint density at radius 1 is 1.11 bits per heavy atom. The van der Waals surface area contributed by atoms with E-state index in [9.17, 15) is 8.78 Å². The molecule has 0 bridgehead atoms. The summed E-state index contributed by atoms with van der Waals surface area (Å²) in [5.74, 6) is -1.37. The SMILES string of the molecule is N#Cc1c(F)cccc1Nc1cc(Cl)c(F)c(Cl)c1. The molecule has 0 saturated heterocycles. The topological polar surface area (TPSA) is 35.8 Å². The van der Waals surface area contributed by atoms with Crippen molar-refractivity contribution in [2.24, 2.45) is 0 Å². The summed E-state index contributed by atoms with van der Waals surface area (Å²) in [4.78, 5) is 0. The van der Waals surface area contributed by atoms with E-state index in [1.165, 1.54) is 30.3 Å². The molecule has 1 N–H and O–H groups in total. The predicted molar refractivity (Wildman–Crippen MR) is 70.8 cm³/mol. The summed E-state index contributed by atoms with van der Waals surface area (Å²) in [6.45, 7) is 0. The summed E-state index contributed by atoms with van der Waals surface area (Å²) in [5.41, 5.74) is 0.471. The quantitative estimate of drug-likeness (QED) is 0.802. The number of halogens is 4. The Morgan fingerprint density at radius 3 is 2.32 bits per heavy atom. The van der Waals surface area contributed by atoms with E-state index >= 15 is 0 Å². The van der Waals surface area contributed by atoms with Gasteiger partial charge in [-0.1, -0.05) is 29.3 Å². The number of nitrogens with one attached hydrogen (secondary N) is 1. The average molecular weight is 299 g/mol. The Balaban J connectivity index is 2.43. The van der Waals surface area contributed by atoms with E-state index < -0.39 is 11.6 Å². The lowest BCUT2D eigenvalue weighted by atomic mass is 10.1.